The number of aliphatic hydroxyl groups excluding tert-OH is 1. The monoisotopic (exact) mass is 247 g/mol. The van der Waals surface area contributed by atoms with Gasteiger partial charge in [-0.05, 0) is 24.8 Å². The lowest BCUT2D eigenvalue weighted by atomic mass is 9.95. The molecule has 3 nitrogen and oxygen atoms in total. The Kier molecular flexibility index (Phi) is 4.37. The van der Waals surface area contributed by atoms with Crippen molar-refractivity contribution in [1.29, 1.82) is 0 Å². The molecule has 1 heterocycles. The van der Waals surface area contributed by atoms with Crippen LogP contribution in [0.2, 0.25) is 0 Å². The van der Waals surface area contributed by atoms with Crippen LogP contribution in [0.3, 0.4) is 0 Å². The third-order valence-corrected chi connectivity index (χ3v) is 3.78. The van der Waals surface area contributed by atoms with Crippen molar-refractivity contribution in [3.63, 3.8) is 0 Å². The highest BCUT2D eigenvalue weighted by atomic mass is 16.3. The van der Waals surface area contributed by atoms with Gasteiger partial charge >= 0.3 is 0 Å². The maximum absolute atomic E-state index is 12.6. The summed E-state index contributed by atoms with van der Waals surface area (Å²) in [6.45, 7) is 2.91. The van der Waals surface area contributed by atoms with Crippen LogP contribution in [0.5, 0.6) is 0 Å². The van der Waals surface area contributed by atoms with E-state index in [9.17, 15) is 9.90 Å². The molecule has 1 fully saturated rings. The average Bonchev–Trinajstić information content (AvgIpc) is 2.89. The van der Waals surface area contributed by atoms with E-state index in [0.29, 0.717) is 0 Å². The molecule has 0 spiro atoms. The van der Waals surface area contributed by atoms with Gasteiger partial charge in [0.1, 0.15) is 0 Å². The third-order valence-electron chi connectivity index (χ3n) is 3.78. The van der Waals surface area contributed by atoms with Crippen LogP contribution >= 0.6 is 0 Å². The number of likely N-dealkylation sites (tertiary alicyclic amines) is 1. The van der Waals surface area contributed by atoms with Crippen molar-refractivity contribution in [3.05, 3.63) is 35.9 Å². The molecular formula is C15H21NO2. The van der Waals surface area contributed by atoms with Gasteiger partial charge in [0.15, 0.2) is 0 Å². The zero-order chi connectivity index (χ0) is 13.0. The van der Waals surface area contributed by atoms with Gasteiger partial charge in [0.05, 0.1) is 18.6 Å². The third kappa shape index (κ3) is 2.56. The SMILES string of the molecule is CCC(C(=O)N1CCC[C@@H]1CO)c1ccccc1. The van der Waals surface area contributed by atoms with E-state index in [1.54, 1.807) is 0 Å². The minimum Gasteiger partial charge on any atom is -0.394 e. The fraction of sp³-hybridized carbons (Fsp3) is 0.533. The first-order chi connectivity index (χ1) is 8.77. The molecule has 1 saturated heterocycles. The first-order valence-electron chi connectivity index (χ1n) is 6.74. The minimum atomic E-state index is -0.0710. The molecule has 1 aliphatic rings. The van der Waals surface area contributed by atoms with Crippen LogP contribution in [0.15, 0.2) is 30.3 Å². The molecule has 2 rings (SSSR count). The Labute approximate surface area is 108 Å². The molecule has 0 aromatic heterocycles. The fourth-order valence-electron chi connectivity index (χ4n) is 2.75. The van der Waals surface area contributed by atoms with Gasteiger partial charge in [0, 0.05) is 6.54 Å². The second-order valence-electron chi connectivity index (χ2n) is 4.88. The normalized spacial score (nSPS) is 21.0. The Morgan fingerprint density at radius 2 is 2.17 bits per heavy atom. The number of hydrogen-bond acceptors (Lipinski definition) is 2. The molecule has 2 atom stereocenters. The summed E-state index contributed by atoms with van der Waals surface area (Å²) in [5, 5.41) is 9.32. The number of nitrogens with zero attached hydrogens (tertiary/aromatic N) is 1. The number of carbonyl (C=O) groups excluding carboxylic acids is 1. The second-order valence-corrected chi connectivity index (χ2v) is 4.88. The zero-order valence-corrected chi connectivity index (χ0v) is 10.9. The van der Waals surface area contributed by atoms with E-state index in [4.69, 9.17) is 0 Å². The first kappa shape index (κ1) is 13.1. The Bertz CT molecular complexity index is 391. The summed E-state index contributed by atoms with van der Waals surface area (Å²) in [4.78, 5) is 14.4. The van der Waals surface area contributed by atoms with E-state index in [-0.39, 0.29) is 24.5 Å². The van der Waals surface area contributed by atoms with Crippen molar-refractivity contribution in [3.8, 4) is 0 Å². The van der Waals surface area contributed by atoms with Crippen molar-refractivity contribution in [2.75, 3.05) is 13.2 Å². The summed E-state index contributed by atoms with van der Waals surface area (Å²) in [6.07, 6.45) is 2.73. The lowest BCUT2D eigenvalue weighted by Crippen LogP contribution is -2.40. The lowest BCUT2D eigenvalue weighted by molar-refractivity contribution is -0.134. The predicted molar refractivity (Wildman–Crippen MR) is 71.3 cm³/mol. The van der Waals surface area contributed by atoms with E-state index in [0.717, 1.165) is 31.4 Å². The number of benzene rings is 1. The number of amides is 1. The number of hydrogen-bond donors (Lipinski definition) is 1. The smallest absolute Gasteiger partial charge is 0.230 e. The molecule has 98 valence electrons. The van der Waals surface area contributed by atoms with Gasteiger partial charge in [-0.25, -0.2) is 0 Å². The van der Waals surface area contributed by atoms with Crippen molar-refractivity contribution in [1.82, 2.24) is 4.90 Å². The number of rotatable bonds is 4. The summed E-state index contributed by atoms with van der Waals surface area (Å²) in [7, 11) is 0. The van der Waals surface area contributed by atoms with Crippen LogP contribution in [0.25, 0.3) is 0 Å². The lowest BCUT2D eigenvalue weighted by Gasteiger charge is -2.27. The highest BCUT2D eigenvalue weighted by molar-refractivity contribution is 5.84. The predicted octanol–water partition coefficient (Wildman–Crippen LogP) is 2.16. The largest absolute Gasteiger partial charge is 0.394 e. The summed E-state index contributed by atoms with van der Waals surface area (Å²) >= 11 is 0. The van der Waals surface area contributed by atoms with Crippen molar-refractivity contribution in [2.45, 2.75) is 38.1 Å². The van der Waals surface area contributed by atoms with E-state index < -0.39 is 0 Å². The van der Waals surface area contributed by atoms with Crippen LogP contribution in [0.1, 0.15) is 37.7 Å². The van der Waals surface area contributed by atoms with Crippen LogP contribution in [-0.4, -0.2) is 35.1 Å². The van der Waals surface area contributed by atoms with Gasteiger partial charge < -0.3 is 10.0 Å². The van der Waals surface area contributed by atoms with E-state index in [1.807, 2.05) is 42.2 Å². The summed E-state index contributed by atoms with van der Waals surface area (Å²) < 4.78 is 0. The summed E-state index contributed by atoms with van der Waals surface area (Å²) in [6, 6.07) is 9.95. The van der Waals surface area contributed by atoms with E-state index in [2.05, 4.69) is 0 Å². The molecule has 1 unspecified atom stereocenters. The number of aliphatic hydroxyl groups is 1. The minimum absolute atomic E-state index is 0.0234. The van der Waals surface area contributed by atoms with Gasteiger partial charge in [-0.15, -0.1) is 0 Å². The molecule has 0 aliphatic carbocycles. The standard InChI is InChI=1S/C15H21NO2/c1-2-14(12-7-4-3-5-8-12)15(18)16-10-6-9-13(16)11-17/h3-5,7-8,13-14,17H,2,6,9-11H2,1H3/t13-,14?/m1/s1. The molecule has 1 aromatic carbocycles. The van der Waals surface area contributed by atoms with Gasteiger partial charge in [-0.1, -0.05) is 37.3 Å². The maximum Gasteiger partial charge on any atom is 0.230 e. The maximum atomic E-state index is 12.6. The molecular weight excluding hydrogens is 226 g/mol. The van der Waals surface area contributed by atoms with Gasteiger partial charge in [0.25, 0.3) is 0 Å². The molecule has 1 N–H and O–H groups in total. The Balaban J connectivity index is 2.15. The molecule has 0 saturated carbocycles. The summed E-state index contributed by atoms with van der Waals surface area (Å²) in [5.41, 5.74) is 1.08. The van der Waals surface area contributed by atoms with E-state index >= 15 is 0 Å². The quantitative estimate of drug-likeness (QED) is 0.885. The Morgan fingerprint density at radius 1 is 1.44 bits per heavy atom. The second kappa shape index (κ2) is 6.01. The van der Waals surface area contributed by atoms with Crippen molar-refractivity contribution >= 4 is 5.91 Å². The first-order valence-corrected chi connectivity index (χ1v) is 6.74. The molecule has 0 bridgehead atoms. The highest BCUT2D eigenvalue weighted by Gasteiger charge is 2.32. The fourth-order valence-corrected chi connectivity index (χ4v) is 2.75. The molecule has 1 amide bonds. The number of carbonyl (C=O) groups is 1. The Morgan fingerprint density at radius 3 is 2.78 bits per heavy atom. The van der Waals surface area contributed by atoms with E-state index in [1.165, 1.54) is 0 Å². The van der Waals surface area contributed by atoms with Crippen molar-refractivity contribution in [2.24, 2.45) is 0 Å². The molecule has 1 aliphatic heterocycles. The molecule has 0 radical (unpaired) electrons. The molecule has 3 heteroatoms. The molecule has 1 aromatic rings. The van der Waals surface area contributed by atoms with Crippen LogP contribution in [0.4, 0.5) is 0 Å². The average molecular weight is 247 g/mol. The van der Waals surface area contributed by atoms with Crippen LogP contribution in [0, 0.1) is 0 Å². The highest BCUT2D eigenvalue weighted by Crippen LogP contribution is 2.26. The topological polar surface area (TPSA) is 40.5 Å². The zero-order valence-electron chi connectivity index (χ0n) is 10.9. The van der Waals surface area contributed by atoms with Crippen LogP contribution < -0.4 is 0 Å². The molecule has 18 heavy (non-hydrogen) atoms. The Hall–Kier alpha value is -1.35. The van der Waals surface area contributed by atoms with Crippen molar-refractivity contribution < 1.29 is 9.90 Å². The van der Waals surface area contributed by atoms with Crippen LogP contribution in [-0.2, 0) is 4.79 Å². The van der Waals surface area contributed by atoms with Gasteiger partial charge in [0.2, 0.25) is 5.91 Å². The van der Waals surface area contributed by atoms with Gasteiger partial charge in [-0.3, -0.25) is 4.79 Å². The van der Waals surface area contributed by atoms with Gasteiger partial charge in [-0.2, -0.15) is 0 Å². The summed E-state index contributed by atoms with van der Waals surface area (Å²) in [5.74, 6) is 0.0959.